The highest BCUT2D eigenvalue weighted by Crippen LogP contribution is 2.70. The standard InChI is InChI=1S/C46H36N2/c47-28-36-12-7-13-40-41-25-35(18-19-42(41)46(45(36)40)38-21-29-20-30(23-38)24-39(46)22-29)31-14-16-32(17-15-31)37-26-43(33-8-3-1-4-9-33)48-44(27-37)34-10-5-2-6-11-34/h1-19,25-27,29-30,38-39H,20-24H2. The number of fused-ring (bicyclic) bond motifs is 3. The van der Waals surface area contributed by atoms with Crippen molar-refractivity contribution < 1.29 is 0 Å². The predicted molar refractivity (Wildman–Crippen MR) is 194 cm³/mol. The summed E-state index contributed by atoms with van der Waals surface area (Å²) in [4.78, 5) is 5.07. The van der Waals surface area contributed by atoms with Gasteiger partial charge < -0.3 is 0 Å². The first-order valence-electron chi connectivity index (χ1n) is 17.6. The Balaban J connectivity index is 1.06. The highest BCUT2D eigenvalue weighted by Gasteiger charge is 2.62. The van der Waals surface area contributed by atoms with Gasteiger partial charge in [0.2, 0.25) is 0 Å². The van der Waals surface area contributed by atoms with E-state index in [1.165, 1.54) is 71.0 Å². The van der Waals surface area contributed by atoms with E-state index in [1.54, 1.807) is 0 Å². The van der Waals surface area contributed by atoms with Crippen molar-refractivity contribution in [3.8, 4) is 62.0 Å². The predicted octanol–water partition coefficient (Wildman–Crippen LogP) is 11.3. The van der Waals surface area contributed by atoms with Gasteiger partial charge in [0.1, 0.15) is 0 Å². The number of nitriles is 1. The van der Waals surface area contributed by atoms with Gasteiger partial charge in [0.05, 0.1) is 23.0 Å². The van der Waals surface area contributed by atoms with Crippen LogP contribution in [0.1, 0.15) is 48.8 Å². The molecule has 6 aromatic rings. The molecular formula is C46H36N2. The Morgan fingerprint density at radius 3 is 1.65 bits per heavy atom. The summed E-state index contributed by atoms with van der Waals surface area (Å²) in [6.07, 6.45) is 6.71. The molecule has 4 fully saturated rings. The number of nitrogens with zero attached hydrogens (tertiary/aromatic N) is 2. The number of aromatic nitrogens is 1. The maximum atomic E-state index is 10.4. The second kappa shape index (κ2) is 10.6. The number of hydrogen-bond acceptors (Lipinski definition) is 2. The van der Waals surface area contributed by atoms with Crippen LogP contribution >= 0.6 is 0 Å². The van der Waals surface area contributed by atoms with E-state index in [4.69, 9.17) is 4.98 Å². The van der Waals surface area contributed by atoms with Gasteiger partial charge >= 0.3 is 0 Å². The number of hydrogen-bond donors (Lipinski definition) is 0. The van der Waals surface area contributed by atoms with Crippen LogP contribution in [-0.2, 0) is 5.41 Å². The van der Waals surface area contributed by atoms with E-state index in [0.29, 0.717) is 11.8 Å². The van der Waals surface area contributed by atoms with E-state index < -0.39 is 0 Å². The van der Waals surface area contributed by atoms with Gasteiger partial charge in [-0.2, -0.15) is 5.26 Å². The van der Waals surface area contributed by atoms with E-state index in [-0.39, 0.29) is 5.41 Å². The van der Waals surface area contributed by atoms with Crippen molar-refractivity contribution in [3.63, 3.8) is 0 Å². The summed E-state index contributed by atoms with van der Waals surface area (Å²) in [6, 6.07) is 50.7. The van der Waals surface area contributed by atoms with Gasteiger partial charge in [-0.25, -0.2) is 4.98 Å². The summed E-state index contributed by atoms with van der Waals surface area (Å²) in [5.41, 5.74) is 15.4. The van der Waals surface area contributed by atoms with E-state index in [9.17, 15) is 5.26 Å². The fourth-order valence-electron chi connectivity index (χ4n) is 10.6. The van der Waals surface area contributed by atoms with Crippen molar-refractivity contribution >= 4 is 0 Å². The fraction of sp³-hybridized carbons (Fsp3) is 0.217. The van der Waals surface area contributed by atoms with E-state index >= 15 is 0 Å². The molecule has 1 spiro atoms. The second-order valence-electron chi connectivity index (χ2n) is 14.7. The van der Waals surface area contributed by atoms with Gasteiger partial charge in [0.25, 0.3) is 0 Å². The van der Waals surface area contributed by atoms with Gasteiger partial charge in [0.15, 0.2) is 0 Å². The maximum Gasteiger partial charge on any atom is 0.0995 e. The Bertz CT molecular complexity index is 2160. The van der Waals surface area contributed by atoms with Crippen molar-refractivity contribution in [1.82, 2.24) is 4.98 Å². The highest BCUT2D eigenvalue weighted by molar-refractivity contribution is 5.87. The van der Waals surface area contributed by atoms with Gasteiger partial charge in [-0.05, 0) is 125 Å². The number of pyridine rings is 1. The molecule has 0 radical (unpaired) electrons. The Kier molecular flexibility index (Phi) is 6.16. The van der Waals surface area contributed by atoms with Gasteiger partial charge in [-0.3, -0.25) is 0 Å². The second-order valence-corrected chi connectivity index (χ2v) is 14.7. The lowest BCUT2D eigenvalue weighted by Gasteiger charge is -2.61. The van der Waals surface area contributed by atoms with Crippen molar-refractivity contribution in [2.45, 2.75) is 37.5 Å². The molecule has 0 atom stereocenters. The number of benzene rings is 5. The molecule has 2 nitrogen and oxygen atoms in total. The minimum atomic E-state index is 0.00106. The molecular weight excluding hydrogens is 581 g/mol. The third-order valence-corrected chi connectivity index (χ3v) is 12.3. The van der Waals surface area contributed by atoms with Crippen molar-refractivity contribution in [1.29, 1.82) is 5.26 Å². The average Bonchev–Trinajstić information content (AvgIpc) is 3.44. The Morgan fingerprint density at radius 1 is 0.500 bits per heavy atom. The lowest BCUT2D eigenvalue weighted by atomic mass is 9.43. The molecule has 0 amide bonds. The summed E-state index contributed by atoms with van der Waals surface area (Å²) in [6.45, 7) is 0. The lowest BCUT2D eigenvalue weighted by molar-refractivity contribution is -0.0400. The summed E-state index contributed by atoms with van der Waals surface area (Å²) in [5.74, 6) is 3.06. The van der Waals surface area contributed by atoms with Crippen molar-refractivity contribution in [2.24, 2.45) is 23.7 Å². The molecule has 1 aromatic heterocycles. The SMILES string of the molecule is N#Cc1cccc2c1C1(c3ccc(-c4ccc(-c5cc(-c6ccccc6)nc(-c6ccccc6)c5)cc4)cc3-2)C2CC3CC(C2)CC1C3. The molecule has 0 saturated heterocycles. The molecule has 0 aliphatic heterocycles. The third kappa shape index (κ3) is 4.07. The fourth-order valence-corrected chi connectivity index (χ4v) is 10.6. The molecule has 5 aliphatic rings. The topological polar surface area (TPSA) is 36.7 Å². The molecule has 2 heteroatoms. The molecule has 4 bridgehead atoms. The molecule has 5 aliphatic carbocycles. The minimum absolute atomic E-state index is 0.00106. The van der Waals surface area contributed by atoms with Crippen molar-refractivity contribution in [2.75, 3.05) is 0 Å². The first-order valence-corrected chi connectivity index (χ1v) is 17.6. The number of rotatable bonds is 4. The van der Waals surface area contributed by atoms with Crippen LogP contribution in [0.3, 0.4) is 0 Å². The van der Waals surface area contributed by atoms with Gasteiger partial charge in [0, 0.05) is 16.5 Å². The zero-order chi connectivity index (χ0) is 31.8. The molecule has 230 valence electrons. The molecule has 0 N–H and O–H groups in total. The largest absolute Gasteiger partial charge is 0.248 e. The van der Waals surface area contributed by atoms with E-state index in [0.717, 1.165) is 45.5 Å². The Morgan fingerprint density at radius 2 is 1.06 bits per heavy atom. The summed E-state index contributed by atoms with van der Waals surface area (Å²) in [7, 11) is 0. The van der Waals surface area contributed by atoms with Crippen LogP contribution in [0.15, 0.2) is 133 Å². The zero-order valence-electron chi connectivity index (χ0n) is 26.9. The van der Waals surface area contributed by atoms with Gasteiger partial charge in [-0.15, -0.1) is 0 Å². The third-order valence-electron chi connectivity index (χ3n) is 12.3. The normalized spacial score (nSPS) is 24.3. The Hall–Kier alpha value is -5.26. The minimum Gasteiger partial charge on any atom is -0.248 e. The molecule has 4 saturated carbocycles. The van der Waals surface area contributed by atoms with E-state index in [1.807, 2.05) is 12.1 Å². The van der Waals surface area contributed by atoms with Crippen LogP contribution in [0.4, 0.5) is 0 Å². The molecule has 5 aromatic carbocycles. The van der Waals surface area contributed by atoms with Crippen LogP contribution in [0.5, 0.6) is 0 Å². The van der Waals surface area contributed by atoms with Crippen LogP contribution in [-0.4, -0.2) is 4.98 Å². The first kappa shape index (κ1) is 27.8. The quantitative estimate of drug-likeness (QED) is 0.198. The molecule has 0 unspecified atom stereocenters. The summed E-state index contributed by atoms with van der Waals surface area (Å²) < 4.78 is 0. The molecule has 1 heterocycles. The monoisotopic (exact) mass is 616 g/mol. The maximum absolute atomic E-state index is 10.4. The molecule has 48 heavy (non-hydrogen) atoms. The smallest absolute Gasteiger partial charge is 0.0995 e. The van der Waals surface area contributed by atoms with Gasteiger partial charge in [-0.1, -0.05) is 109 Å². The summed E-state index contributed by atoms with van der Waals surface area (Å²) >= 11 is 0. The van der Waals surface area contributed by atoms with Crippen LogP contribution in [0.2, 0.25) is 0 Å². The van der Waals surface area contributed by atoms with Crippen LogP contribution in [0, 0.1) is 35.0 Å². The zero-order valence-corrected chi connectivity index (χ0v) is 26.9. The van der Waals surface area contributed by atoms with Crippen molar-refractivity contribution in [3.05, 3.63) is 150 Å². The highest BCUT2D eigenvalue weighted by atomic mass is 14.7. The first-order chi connectivity index (χ1) is 23.7. The average molecular weight is 617 g/mol. The van der Waals surface area contributed by atoms with E-state index in [2.05, 4.69) is 127 Å². The van der Waals surface area contributed by atoms with Crippen LogP contribution < -0.4 is 0 Å². The summed E-state index contributed by atoms with van der Waals surface area (Å²) in [5, 5.41) is 10.4. The lowest BCUT2D eigenvalue weighted by Crippen LogP contribution is -2.55. The van der Waals surface area contributed by atoms with Crippen LogP contribution in [0.25, 0.3) is 55.9 Å². The Labute approximate surface area is 282 Å². The molecule has 11 rings (SSSR count).